The molecule has 9 heteroatoms. The highest BCUT2D eigenvalue weighted by atomic mass is 19.3. The fourth-order valence-electron chi connectivity index (χ4n) is 3.19. The number of imidazole rings is 1. The summed E-state index contributed by atoms with van der Waals surface area (Å²) in [5, 5.41) is 0. The van der Waals surface area contributed by atoms with Gasteiger partial charge in [0.25, 0.3) is 5.92 Å². The molecule has 0 unspecified atom stereocenters. The van der Waals surface area contributed by atoms with Gasteiger partial charge in [-0.15, -0.1) is 0 Å². The number of aromatic nitrogens is 2. The van der Waals surface area contributed by atoms with Gasteiger partial charge in [0, 0.05) is 55.0 Å². The number of amides is 1. The second kappa shape index (κ2) is 6.50. The van der Waals surface area contributed by atoms with E-state index in [4.69, 9.17) is 4.74 Å². The van der Waals surface area contributed by atoms with Gasteiger partial charge in [0.1, 0.15) is 23.0 Å². The van der Waals surface area contributed by atoms with Gasteiger partial charge in [0.05, 0.1) is 12.5 Å². The summed E-state index contributed by atoms with van der Waals surface area (Å²) in [6, 6.07) is 4.15. The Kier molecular flexibility index (Phi) is 4.24. The van der Waals surface area contributed by atoms with Gasteiger partial charge in [-0.25, -0.2) is 22.5 Å². The third kappa shape index (κ3) is 3.28. The molecule has 1 atom stereocenters. The van der Waals surface area contributed by atoms with E-state index >= 15 is 0 Å². The number of pyridine rings is 1. The maximum atomic E-state index is 14.6. The fourth-order valence-corrected chi connectivity index (χ4v) is 3.19. The van der Waals surface area contributed by atoms with Crippen molar-refractivity contribution >= 4 is 17.2 Å². The van der Waals surface area contributed by atoms with Crippen LogP contribution < -0.4 is 9.64 Å². The summed E-state index contributed by atoms with van der Waals surface area (Å²) < 4.78 is 61.4. The first kappa shape index (κ1) is 18.3. The zero-order chi connectivity index (χ0) is 20.1. The number of β-lactam (4-membered cyclic amide) rings is 1. The predicted molar refractivity (Wildman–Crippen MR) is 92.5 cm³/mol. The predicted octanol–water partition coefficient (Wildman–Crippen LogP) is 4.12. The number of ether oxygens (including phenoxy) is 1. The lowest BCUT2D eigenvalue weighted by atomic mass is 9.92. The first-order chi connectivity index (χ1) is 13.2. The monoisotopic (exact) mass is 393 g/mol. The minimum atomic E-state index is -3.13. The Morgan fingerprint density at radius 3 is 2.57 bits per heavy atom. The molecule has 0 N–H and O–H groups in total. The van der Waals surface area contributed by atoms with Crippen LogP contribution in [0.4, 0.5) is 23.2 Å². The third-order valence-corrected chi connectivity index (χ3v) is 4.49. The molecule has 1 fully saturated rings. The number of nitrogens with zero attached hydrogens (tertiary/aromatic N) is 3. The number of alkyl halides is 2. The van der Waals surface area contributed by atoms with Gasteiger partial charge in [0.15, 0.2) is 6.61 Å². The molecule has 146 valence electrons. The average Bonchev–Trinajstić information content (AvgIpc) is 3.05. The normalized spacial score (nSPS) is 17.1. The quantitative estimate of drug-likeness (QED) is 0.484. The van der Waals surface area contributed by atoms with E-state index in [-0.39, 0.29) is 23.6 Å². The van der Waals surface area contributed by atoms with E-state index in [0.717, 1.165) is 12.1 Å². The standard InChI is InChI=1S/C19H15F4N3O2/c1-19(22,23)10-28-12-7-13(20)18(14(21)8-12)15-9-17(27)26(15)11-2-4-25-5-3-24-16(25)6-11/h2-8,15H,9-10H2,1H3/t15-/m1/s1. The molecule has 0 spiro atoms. The van der Waals surface area contributed by atoms with Crippen molar-refractivity contribution < 1.29 is 27.1 Å². The molecule has 0 saturated carbocycles. The van der Waals surface area contributed by atoms with Crippen molar-refractivity contribution in [2.45, 2.75) is 25.3 Å². The van der Waals surface area contributed by atoms with Crippen molar-refractivity contribution in [3.05, 3.63) is 60.1 Å². The lowest BCUT2D eigenvalue weighted by Gasteiger charge is -2.41. The molecule has 1 aliphatic heterocycles. The van der Waals surface area contributed by atoms with E-state index in [9.17, 15) is 22.4 Å². The highest BCUT2D eigenvalue weighted by molar-refractivity contribution is 6.01. The molecule has 28 heavy (non-hydrogen) atoms. The summed E-state index contributed by atoms with van der Waals surface area (Å²) in [7, 11) is 0. The van der Waals surface area contributed by atoms with Crippen LogP contribution >= 0.6 is 0 Å². The van der Waals surface area contributed by atoms with Crippen LogP contribution in [0.3, 0.4) is 0 Å². The Hall–Kier alpha value is -3.10. The molecule has 1 amide bonds. The van der Waals surface area contributed by atoms with Gasteiger partial charge in [-0.1, -0.05) is 0 Å². The molecule has 1 aliphatic rings. The van der Waals surface area contributed by atoms with E-state index < -0.39 is 30.2 Å². The molecule has 0 radical (unpaired) electrons. The molecule has 3 heterocycles. The van der Waals surface area contributed by atoms with Crippen LogP contribution in [0, 0.1) is 11.6 Å². The number of benzene rings is 1. The van der Waals surface area contributed by atoms with Crippen molar-refractivity contribution in [2.24, 2.45) is 0 Å². The SMILES string of the molecule is CC(F)(F)COc1cc(F)c([C@H]2CC(=O)N2c2ccn3ccnc3c2)c(F)c1. The van der Waals surface area contributed by atoms with E-state index in [1.165, 1.54) is 4.90 Å². The van der Waals surface area contributed by atoms with Crippen molar-refractivity contribution in [1.82, 2.24) is 9.38 Å². The number of halogens is 4. The minimum absolute atomic E-state index is 0.0688. The molecular formula is C19H15F4N3O2. The zero-order valence-electron chi connectivity index (χ0n) is 14.7. The number of carbonyl (C=O) groups excluding carboxylic acids is 1. The second-order valence-corrected chi connectivity index (χ2v) is 6.72. The summed E-state index contributed by atoms with van der Waals surface area (Å²) in [6.07, 6.45) is 4.94. The number of hydrogen-bond donors (Lipinski definition) is 0. The summed E-state index contributed by atoms with van der Waals surface area (Å²) >= 11 is 0. The van der Waals surface area contributed by atoms with Crippen molar-refractivity contribution in [1.29, 1.82) is 0 Å². The Morgan fingerprint density at radius 2 is 1.93 bits per heavy atom. The van der Waals surface area contributed by atoms with Crippen LogP contribution in [0.15, 0.2) is 42.9 Å². The molecule has 1 aromatic carbocycles. The molecule has 3 aromatic rings. The highest BCUT2D eigenvalue weighted by Gasteiger charge is 2.41. The molecule has 4 rings (SSSR count). The number of rotatable bonds is 5. The summed E-state index contributed by atoms with van der Waals surface area (Å²) in [5.74, 6) is -5.67. The topological polar surface area (TPSA) is 46.8 Å². The Balaban J connectivity index is 1.63. The molecule has 0 bridgehead atoms. The van der Waals surface area contributed by atoms with Gasteiger partial charge >= 0.3 is 0 Å². The third-order valence-electron chi connectivity index (χ3n) is 4.49. The first-order valence-electron chi connectivity index (χ1n) is 8.47. The average molecular weight is 393 g/mol. The van der Waals surface area contributed by atoms with Crippen LogP contribution in [0.25, 0.3) is 5.65 Å². The van der Waals surface area contributed by atoms with Crippen molar-refractivity contribution in [3.63, 3.8) is 0 Å². The van der Waals surface area contributed by atoms with E-state index in [1.807, 2.05) is 0 Å². The number of hydrogen-bond acceptors (Lipinski definition) is 3. The maximum absolute atomic E-state index is 14.6. The van der Waals surface area contributed by atoms with Gasteiger partial charge in [0.2, 0.25) is 5.91 Å². The van der Waals surface area contributed by atoms with E-state index in [2.05, 4.69) is 4.98 Å². The second-order valence-electron chi connectivity index (χ2n) is 6.72. The Bertz CT molecular complexity index is 1040. The lowest BCUT2D eigenvalue weighted by Crippen LogP contribution is -2.47. The lowest BCUT2D eigenvalue weighted by molar-refractivity contribution is -0.124. The smallest absolute Gasteiger partial charge is 0.278 e. The minimum Gasteiger partial charge on any atom is -0.487 e. The van der Waals surface area contributed by atoms with Gasteiger partial charge in [-0.3, -0.25) is 4.79 Å². The highest BCUT2D eigenvalue weighted by Crippen LogP contribution is 2.42. The van der Waals surface area contributed by atoms with Crippen LogP contribution in [0.2, 0.25) is 0 Å². The van der Waals surface area contributed by atoms with Crippen molar-refractivity contribution in [2.75, 3.05) is 11.5 Å². The molecule has 0 aliphatic carbocycles. The summed E-state index contributed by atoms with van der Waals surface area (Å²) in [4.78, 5) is 17.6. The van der Waals surface area contributed by atoms with Gasteiger partial charge < -0.3 is 14.0 Å². The number of fused-ring (bicyclic) bond motifs is 1. The van der Waals surface area contributed by atoms with E-state index in [0.29, 0.717) is 18.3 Å². The Labute approximate surface area is 157 Å². The van der Waals surface area contributed by atoms with Gasteiger partial charge in [-0.2, -0.15) is 0 Å². The van der Waals surface area contributed by atoms with Crippen LogP contribution in [0.5, 0.6) is 5.75 Å². The molecule has 2 aromatic heterocycles. The summed E-state index contributed by atoms with van der Waals surface area (Å²) in [5.41, 5.74) is 0.740. The molecule has 1 saturated heterocycles. The van der Waals surface area contributed by atoms with E-state index in [1.54, 1.807) is 35.1 Å². The molecular weight excluding hydrogens is 378 g/mol. The Morgan fingerprint density at radius 1 is 1.21 bits per heavy atom. The van der Waals surface area contributed by atoms with Crippen molar-refractivity contribution in [3.8, 4) is 5.75 Å². The van der Waals surface area contributed by atoms with Gasteiger partial charge in [-0.05, 0) is 6.07 Å². The fraction of sp³-hybridized carbons (Fsp3) is 0.263. The number of carbonyl (C=O) groups is 1. The first-order valence-corrected chi connectivity index (χ1v) is 8.47. The zero-order valence-corrected chi connectivity index (χ0v) is 14.7. The van der Waals surface area contributed by atoms with Crippen LogP contribution in [-0.4, -0.2) is 27.8 Å². The number of anilines is 1. The largest absolute Gasteiger partial charge is 0.487 e. The maximum Gasteiger partial charge on any atom is 0.278 e. The van der Waals surface area contributed by atoms with Crippen LogP contribution in [-0.2, 0) is 4.79 Å². The summed E-state index contributed by atoms with van der Waals surface area (Å²) in [6.45, 7) is -0.355. The molecule has 5 nitrogen and oxygen atoms in total. The van der Waals surface area contributed by atoms with Crippen LogP contribution in [0.1, 0.15) is 24.9 Å².